The van der Waals surface area contributed by atoms with Crippen LogP contribution >= 0.6 is 0 Å². The van der Waals surface area contributed by atoms with Gasteiger partial charge >= 0.3 is 0 Å². The molecule has 1 aliphatic heterocycles. The van der Waals surface area contributed by atoms with Crippen LogP contribution in [0.1, 0.15) is 57.3 Å². The second kappa shape index (κ2) is 7.02. The van der Waals surface area contributed by atoms with Crippen LogP contribution in [0.5, 0.6) is 0 Å². The van der Waals surface area contributed by atoms with E-state index in [-0.39, 0.29) is 0 Å². The first-order chi connectivity index (χ1) is 9.60. The fourth-order valence-electron chi connectivity index (χ4n) is 2.65. The topological polar surface area (TPSA) is 41.0 Å². The van der Waals surface area contributed by atoms with Crippen LogP contribution in [0.3, 0.4) is 0 Å². The van der Waals surface area contributed by atoms with E-state index in [0.717, 1.165) is 37.0 Å². The van der Waals surface area contributed by atoms with Crippen molar-refractivity contribution in [1.82, 2.24) is 15.3 Å². The van der Waals surface area contributed by atoms with Crippen molar-refractivity contribution in [2.45, 2.75) is 58.9 Å². The summed E-state index contributed by atoms with van der Waals surface area (Å²) in [5, 5.41) is 3.62. The molecule has 0 aliphatic carbocycles. The molecule has 0 saturated carbocycles. The molecule has 0 radical (unpaired) electrons. The van der Waals surface area contributed by atoms with Crippen LogP contribution in [0.25, 0.3) is 0 Å². The second-order valence-electron chi connectivity index (χ2n) is 6.10. The molecule has 1 fully saturated rings. The van der Waals surface area contributed by atoms with E-state index in [2.05, 4.69) is 49.0 Å². The van der Waals surface area contributed by atoms with Crippen molar-refractivity contribution in [3.63, 3.8) is 0 Å². The molecule has 0 unspecified atom stereocenters. The average molecular weight is 276 g/mol. The summed E-state index contributed by atoms with van der Waals surface area (Å²) in [6, 6.07) is 2.77. The Morgan fingerprint density at radius 2 is 2.00 bits per heavy atom. The molecule has 4 nitrogen and oxygen atoms in total. The number of aromatic nitrogens is 2. The highest BCUT2D eigenvalue weighted by atomic mass is 15.3. The van der Waals surface area contributed by atoms with Gasteiger partial charge in [0.1, 0.15) is 0 Å². The van der Waals surface area contributed by atoms with E-state index in [4.69, 9.17) is 4.98 Å². The van der Waals surface area contributed by atoms with E-state index in [1.807, 2.05) is 0 Å². The van der Waals surface area contributed by atoms with E-state index >= 15 is 0 Å². The highest BCUT2D eigenvalue weighted by molar-refractivity contribution is 5.33. The van der Waals surface area contributed by atoms with Gasteiger partial charge in [0.05, 0.1) is 0 Å². The first-order valence-electron chi connectivity index (χ1n) is 7.94. The van der Waals surface area contributed by atoms with Crippen molar-refractivity contribution < 1.29 is 0 Å². The summed E-state index contributed by atoms with van der Waals surface area (Å²) in [5.74, 6) is 1.38. The van der Waals surface area contributed by atoms with Crippen LogP contribution in [0, 0.1) is 6.92 Å². The molecule has 1 aliphatic rings. The van der Waals surface area contributed by atoms with Gasteiger partial charge in [0.15, 0.2) is 0 Å². The van der Waals surface area contributed by atoms with Gasteiger partial charge in [0.25, 0.3) is 0 Å². The van der Waals surface area contributed by atoms with E-state index < -0.39 is 0 Å². The molecule has 1 saturated heterocycles. The summed E-state index contributed by atoms with van der Waals surface area (Å²) >= 11 is 0. The van der Waals surface area contributed by atoms with Gasteiger partial charge < -0.3 is 10.2 Å². The van der Waals surface area contributed by atoms with Crippen molar-refractivity contribution in [2.24, 2.45) is 0 Å². The van der Waals surface area contributed by atoms with Gasteiger partial charge in [-0.25, -0.2) is 9.97 Å². The van der Waals surface area contributed by atoms with Crippen LogP contribution in [-0.2, 0) is 0 Å². The predicted octanol–water partition coefficient (Wildman–Crippen LogP) is 2.88. The maximum atomic E-state index is 4.74. The molecule has 4 heteroatoms. The van der Waals surface area contributed by atoms with E-state index in [0.29, 0.717) is 12.0 Å². The van der Waals surface area contributed by atoms with Gasteiger partial charge in [0, 0.05) is 30.5 Å². The number of nitrogens with one attached hydrogen (secondary N) is 1. The summed E-state index contributed by atoms with van der Waals surface area (Å²) in [5.41, 5.74) is 2.23. The standard InChI is InChI=1S/C16H28N4/c1-5-8-17-14-6-9-20(10-7-14)16-18-13(4)11-15(19-16)12(2)3/h11-12,14,17H,5-10H2,1-4H3. The van der Waals surface area contributed by atoms with Crippen molar-refractivity contribution in [1.29, 1.82) is 0 Å². The van der Waals surface area contributed by atoms with Gasteiger partial charge in [-0.1, -0.05) is 20.8 Å². The van der Waals surface area contributed by atoms with Gasteiger partial charge in [0.2, 0.25) is 5.95 Å². The SMILES string of the molecule is CCCNC1CCN(c2nc(C)cc(C(C)C)n2)CC1. The van der Waals surface area contributed by atoms with Gasteiger partial charge in [-0.15, -0.1) is 0 Å². The lowest BCUT2D eigenvalue weighted by Crippen LogP contribution is -2.43. The smallest absolute Gasteiger partial charge is 0.225 e. The zero-order chi connectivity index (χ0) is 14.5. The quantitative estimate of drug-likeness (QED) is 0.898. The Balaban J connectivity index is 1.99. The molecular formula is C16H28N4. The molecule has 1 N–H and O–H groups in total. The Morgan fingerprint density at radius 1 is 1.30 bits per heavy atom. The summed E-state index contributed by atoms with van der Waals surface area (Å²) < 4.78 is 0. The number of hydrogen-bond acceptors (Lipinski definition) is 4. The maximum Gasteiger partial charge on any atom is 0.225 e. The van der Waals surface area contributed by atoms with Crippen LogP contribution < -0.4 is 10.2 Å². The zero-order valence-corrected chi connectivity index (χ0v) is 13.3. The summed E-state index contributed by atoms with van der Waals surface area (Å²) in [6.07, 6.45) is 3.58. The Labute approximate surface area is 123 Å². The summed E-state index contributed by atoms with van der Waals surface area (Å²) in [6.45, 7) is 11.9. The molecule has 0 atom stereocenters. The lowest BCUT2D eigenvalue weighted by Gasteiger charge is -2.32. The van der Waals surface area contributed by atoms with Crippen LogP contribution in [0.15, 0.2) is 6.07 Å². The normalized spacial score (nSPS) is 16.9. The minimum atomic E-state index is 0.458. The molecule has 1 aromatic rings. The van der Waals surface area contributed by atoms with Crippen LogP contribution in [0.4, 0.5) is 5.95 Å². The Bertz CT molecular complexity index is 422. The first kappa shape index (κ1) is 15.2. The van der Waals surface area contributed by atoms with Gasteiger partial charge in [-0.2, -0.15) is 0 Å². The Morgan fingerprint density at radius 3 is 2.60 bits per heavy atom. The average Bonchev–Trinajstić information content (AvgIpc) is 2.45. The van der Waals surface area contributed by atoms with Gasteiger partial charge in [-0.05, 0) is 44.7 Å². The van der Waals surface area contributed by atoms with Crippen LogP contribution in [-0.4, -0.2) is 35.6 Å². The minimum Gasteiger partial charge on any atom is -0.341 e. The number of piperidine rings is 1. The molecule has 0 amide bonds. The molecule has 2 rings (SSSR count). The maximum absolute atomic E-state index is 4.74. The zero-order valence-electron chi connectivity index (χ0n) is 13.3. The minimum absolute atomic E-state index is 0.458. The van der Waals surface area contributed by atoms with Crippen molar-refractivity contribution in [2.75, 3.05) is 24.5 Å². The molecule has 0 bridgehead atoms. The predicted molar refractivity (Wildman–Crippen MR) is 84.4 cm³/mol. The lowest BCUT2D eigenvalue weighted by atomic mass is 10.1. The second-order valence-corrected chi connectivity index (χ2v) is 6.10. The van der Waals surface area contributed by atoms with E-state index in [1.54, 1.807) is 0 Å². The fourth-order valence-corrected chi connectivity index (χ4v) is 2.65. The number of anilines is 1. The number of hydrogen-bond donors (Lipinski definition) is 1. The summed E-state index contributed by atoms with van der Waals surface area (Å²) in [4.78, 5) is 11.7. The molecule has 20 heavy (non-hydrogen) atoms. The number of rotatable bonds is 5. The number of nitrogens with zero attached hydrogens (tertiary/aromatic N) is 3. The highest BCUT2D eigenvalue weighted by Gasteiger charge is 2.21. The molecule has 1 aromatic heterocycles. The number of aryl methyl sites for hydroxylation is 1. The third kappa shape index (κ3) is 3.92. The third-order valence-corrected chi connectivity index (χ3v) is 3.91. The molecule has 0 spiro atoms. The van der Waals surface area contributed by atoms with Crippen LogP contribution in [0.2, 0.25) is 0 Å². The monoisotopic (exact) mass is 276 g/mol. The van der Waals surface area contributed by atoms with E-state index in [1.165, 1.54) is 19.3 Å². The Hall–Kier alpha value is -1.16. The molecule has 2 heterocycles. The molecule has 112 valence electrons. The molecular weight excluding hydrogens is 248 g/mol. The summed E-state index contributed by atoms with van der Waals surface area (Å²) in [7, 11) is 0. The van der Waals surface area contributed by atoms with Crippen molar-refractivity contribution in [3.8, 4) is 0 Å². The largest absolute Gasteiger partial charge is 0.341 e. The fraction of sp³-hybridized carbons (Fsp3) is 0.750. The molecule has 0 aromatic carbocycles. The highest BCUT2D eigenvalue weighted by Crippen LogP contribution is 2.20. The third-order valence-electron chi connectivity index (χ3n) is 3.91. The van der Waals surface area contributed by atoms with Crippen molar-refractivity contribution >= 4 is 5.95 Å². The lowest BCUT2D eigenvalue weighted by molar-refractivity contribution is 0.413. The van der Waals surface area contributed by atoms with Crippen molar-refractivity contribution in [3.05, 3.63) is 17.5 Å². The first-order valence-corrected chi connectivity index (χ1v) is 7.94. The Kier molecular flexibility index (Phi) is 5.35. The van der Waals surface area contributed by atoms with E-state index in [9.17, 15) is 0 Å². The van der Waals surface area contributed by atoms with Gasteiger partial charge in [-0.3, -0.25) is 0 Å².